The topological polar surface area (TPSA) is 91.4 Å². The van der Waals surface area contributed by atoms with E-state index in [0.717, 1.165) is 35.6 Å². The summed E-state index contributed by atoms with van der Waals surface area (Å²) in [5.74, 6) is -0.0967. The molecule has 2 heterocycles. The fourth-order valence-corrected chi connectivity index (χ4v) is 4.42. The van der Waals surface area contributed by atoms with Crippen LogP contribution in [0, 0.1) is 18.8 Å². The molecule has 0 spiro atoms. The minimum absolute atomic E-state index is 0.0351. The summed E-state index contributed by atoms with van der Waals surface area (Å²) in [6.45, 7) is 2.85. The molecule has 3 aromatic rings. The van der Waals surface area contributed by atoms with Gasteiger partial charge in [0.25, 0.3) is 5.91 Å². The van der Waals surface area contributed by atoms with E-state index >= 15 is 0 Å². The lowest BCUT2D eigenvalue weighted by Gasteiger charge is -2.32. The van der Waals surface area contributed by atoms with Gasteiger partial charge in [-0.1, -0.05) is 30.3 Å². The molecule has 34 heavy (non-hydrogen) atoms. The summed E-state index contributed by atoms with van der Waals surface area (Å²) < 4.78 is 0. The first-order valence-electron chi connectivity index (χ1n) is 11.8. The molecule has 1 unspecified atom stereocenters. The molecule has 1 aliphatic heterocycles. The van der Waals surface area contributed by atoms with Crippen LogP contribution in [0.15, 0.2) is 54.7 Å². The van der Waals surface area contributed by atoms with Crippen molar-refractivity contribution in [2.75, 3.05) is 23.7 Å². The number of piperidine rings is 1. The van der Waals surface area contributed by atoms with Gasteiger partial charge in [-0.05, 0) is 67.1 Å². The van der Waals surface area contributed by atoms with Crippen LogP contribution in [0.4, 0.5) is 11.5 Å². The zero-order chi connectivity index (χ0) is 23.7. The smallest absolute Gasteiger partial charge is 0.256 e. The van der Waals surface area contributed by atoms with Gasteiger partial charge in [0, 0.05) is 25.2 Å². The molecule has 2 fully saturated rings. The molecule has 0 radical (unpaired) electrons. The molecule has 1 saturated heterocycles. The number of aromatic nitrogens is 1. The minimum atomic E-state index is -0.314. The molecule has 7 heteroatoms. The number of rotatable bonds is 5. The maximum absolute atomic E-state index is 13.6. The number of fused-ring (bicyclic) bond motifs is 1. The van der Waals surface area contributed by atoms with Crippen molar-refractivity contribution in [2.24, 2.45) is 11.8 Å². The third-order valence-corrected chi connectivity index (χ3v) is 6.56. The Kier molecular flexibility index (Phi) is 6.01. The summed E-state index contributed by atoms with van der Waals surface area (Å²) in [5.41, 5.74) is 2.03. The Hall–Kier alpha value is -3.74. The van der Waals surface area contributed by atoms with E-state index in [4.69, 9.17) is 0 Å². The van der Waals surface area contributed by atoms with Crippen LogP contribution < -0.4 is 10.6 Å². The highest BCUT2D eigenvalue weighted by Crippen LogP contribution is 2.32. The van der Waals surface area contributed by atoms with E-state index < -0.39 is 0 Å². The normalized spacial score (nSPS) is 17.9. The lowest BCUT2D eigenvalue weighted by Crippen LogP contribution is -2.44. The van der Waals surface area contributed by atoms with Crippen molar-refractivity contribution < 1.29 is 14.4 Å². The van der Waals surface area contributed by atoms with Gasteiger partial charge < -0.3 is 15.5 Å². The third-order valence-electron chi connectivity index (χ3n) is 6.56. The van der Waals surface area contributed by atoms with Crippen molar-refractivity contribution in [1.29, 1.82) is 0 Å². The second kappa shape index (κ2) is 9.25. The van der Waals surface area contributed by atoms with Gasteiger partial charge in [-0.15, -0.1) is 0 Å². The summed E-state index contributed by atoms with van der Waals surface area (Å²) in [6, 6.07) is 15.2. The maximum atomic E-state index is 13.6. The molecule has 2 N–H and O–H groups in total. The van der Waals surface area contributed by atoms with Crippen LogP contribution >= 0.6 is 0 Å². The number of carbonyl (C=O) groups excluding carboxylic acids is 3. The lowest BCUT2D eigenvalue weighted by molar-refractivity contribution is -0.121. The zero-order valence-corrected chi connectivity index (χ0v) is 19.2. The number of hydrogen-bond acceptors (Lipinski definition) is 4. The van der Waals surface area contributed by atoms with Gasteiger partial charge in [0.05, 0.1) is 17.2 Å². The Bertz CT molecular complexity index is 1250. The van der Waals surface area contributed by atoms with Crippen LogP contribution in [0.2, 0.25) is 0 Å². The number of nitrogens with zero attached hydrogens (tertiary/aromatic N) is 2. The lowest BCUT2D eigenvalue weighted by atomic mass is 9.95. The summed E-state index contributed by atoms with van der Waals surface area (Å²) in [7, 11) is 0. The fourth-order valence-electron chi connectivity index (χ4n) is 4.42. The van der Waals surface area contributed by atoms with E-state index in [9.17, 15) is 14.4 Å². The molecule has 5 rings (SSSR count). The Morgan fingerprint density at radius 2 is 1.65 bits per heavy atom. The Labute approximate surface area is 198 Å². The van der Waals surface area contributed by atoms with Crippen LogP contribution in [0.3, 0.4) is 0 Å². The predicted molar refractivity (Wildman–Crippen MR) is 132 cm³/mol. The maximum Gasteiger partial charge on any atom is 0.256 e. The van der Waals surface area contributed by atoms with Crippen LogP contribution in [0.5, 0.6) is 0 Å². The monoisotopic (exact) mass is 456 g/mol. The SMILES string of the molecule is Cc1ccc(NC(=O)C2CCCN(C(=O)c3cc4ccccc4cc3NC(=O)C3CC3)C2)nc1. The Morgan fingerprint density at radius 1 is 0.912 bits per heavy atom. The van der Waals surface area contributed by atoms with Crippen molar-refractivity contribution in [2.45, 2.75) is 32.6 Å². The van der Waals surface area contributed by atoms with E-state index in [0.29, 0.717) is 36.6 Å². The number of anilines is 2. The average molecular weight is 457 g/mol. The molecule has 0 bridgehead atoms. The van der Waals surface area contributed by atoms with Crippen molar-refractivity contribution in [1.82, 2.24) is 9.88 Å². The second-order valence-corrected chi connectivity index (χ2v) is 9.31. The molecule has 1 atom stereocenters. The predicted octanol–water partition coefficient (Wildman–Crippen LogP) is 4.38. The standard InChI is InChI=1S/C27H28N4O3/c1-17-8-11-24(28-15-17)30-26(33)21-7-4-12-31(16-21)27(34)22-13-19-5-2-3-6-20(19)14-23(22)29-25(32)18-9-10-18/h2-3,5-6,8,11,13-15,18,21H,4,7,9-10,12,16H2,1H3,(H,29,32)(H,28,30,33). The average Bonchev–Trinajstić information content (AvgIpc) is 3.70. The molecule has 2 aliphatic rings. The van der Waals surface area contributed by atoms with Crippen molar-refractivity contribution in [3.8, 4) is 0 Å². The van der Waals surface area contributed by atoms with Crippen LogP contribution in [-0.2, 0) is 9.59 Å². The summed E-state index contributed by atoms with van der Waals surface area (Å²) in [6.07, 6.45) is 4.94. The molecular weight excluding hydrogens is 428 g/mol. The molecule has 1 saturated carbocycles. The van der Waals surface area contributed by atoms with E-state index in [-0.39, 0.29) is 29.6 Å². The third kappa shape index (κ3) is 4.78. The van der Waals surface area contributed by atoms with Crippen molar-refractivity contribution in [3.63, 3.8) is 0 Å². The molecule has 1 aliphatic carbocycles. The van der Waals surface area contributed by atoms with Gasteiger partial charge in [0.2, 0.25) is 11.8 Å². The van der Waals surface area contributed by atoms with Gasteiger partial charge in [0.15, 0.2) is 0 Å². The van der Waals surface area contributed by atoms with Crippen LogP contribution in [0.25, 0.3) is 10.8 Å². The first kappa shape index (κ1) is 22.1. The number of likely N-dealkylation sites (tertiary alicyclic amines) is 1. The number of pyridine rings is 1. The first-order valence-corrected chi connectivity index (χ1v) is 11.8. The summed E-state index contributed by atoms with van der Waals surface area (Å²) >= 11 is 0. The van der Waals surface area contributed by atoms with E-state index in [1.165, 1.54) is 0 Å². The summed E-state index contributed by atoms with van der Waals surface area (Å²) in [4.78, 5) is 45.0. The Morgan fingerprint density at radius 3 is 2.35 bits per heavy atom. The van der Waals surface area contributed by atoms with Gasteiger partial charge in [-0.25, -0.2) is 4.98 Å². The van der Waals surface area contributed by atoms with E-state index in [1.807, 2.05) is 49.4 Å². The van der Waals surface area contributed by atoms with E-state index in [1.54, 1.807) is 17.2 Å². The largest absolute Gasteiger partial charge is 0.338 e. The van der Waals surface area contributed by atoms with Crippen LogP contribution in [-0.4, -0.2) is 40.7 Å². The highest BCUT2D eigenvalue weighted by molar-refractivity contribution is 6.08. The molecule has 174 valence electrons. The zero-order valence-electron chi connectivity index (χ0n) is 19.2. The number of carbonyl (C=O) groups is 3. The number of aryl methyl sites for hydroxylation is 1. The molecule has 3 amide bonds. The second-order valence-electron chi connectivity index (χ2n) is 9.31. The number of benzene rings is 2. The fraction of sp³-hybridized carbons (Fsp3) is 0.333. The molecular formula is C27H28N4O3. The van der Waals surface area contributed by atoms with Gasteiger partial charge in [-0.2, -0.15) is 0 Å². The molecule has 1 aromatic heterocycles. The number of amides is 3. The van der Waals surface area contributed by atoms with Gasteiger partial charge in [0.1, 0.15) is 5.82 Å². The van der Waals surface area contributed by atoms with E-state index in [2.05, 4.69) is 15.6 Å². The summed E-state index contributed by atoms with van der Waals surface area (Å²) in [5, 5.41) is 7.76. The first-order chi connectivity index (χ1) is 16.5. The Balaban J connectivity index is 1.36. The molecule has 2 aromatic carbocycles. The highest BCUT2D eigenvalue weighted by Gasteiger charge is 2.33. The molecule has 7 nitrogen and oxygen atoms in total. The number of nitrogens with one attached hydrogen (secondary N) is 2. The van der Waals surface area contributed by atoms with Crippen molar-refractivity contribution in [3.05, 3.63) is 65.9 Å². The number of hydrogen-bond donors (Lipinski definition) is 2. The quantitative estimate of drug-likeness (QED) is 0.596. The van der Waals surface area contributed by atoms with Gasteiger partial charge in [-0.3, -0.25) is 14.4 Å². The van der Waals surface area contributed by atoms with Crippen molar-refractivity contribution >= 4 is 40.0 Å². The highest BCUT2D eigenvalue weighted by atomic mass is 16.2. The van der Waals surface area contributed by atoms with Gasteiger partial charge >= 0.3 is 0 Å². The minimum Gasteiger partial charge on any atom is -0.338 e. The van der Waals surface area contributed by atoms with Crippen LogP contribution in [0.1, 0.15) is 41.6 Å².